The molecule has 0 aliphatic carbocycles. The molecule has 0 bridgehead atoms. The van der Waals surface area contributed by atoms with Crippen LogP contribution in [-0.2, 0) is 0 Å². The first-order valence-electron chi connectivity index (χ1n) is 6.79. The van der Waals surface area contributed by atoms with Crippen molar-refractivity contribution in [3.05, 3.63) is 23.5 Å². The number of aromatic nitrogens is 3. The molecule has 0 aromatic carbocycles. The van der Waals surface area contributed by atoms with Gasteiger partial charge in [-0.25, -0.2) is 9.67 Å². The standard InChI is InChI=1S/C14H21N5O.2ClH/c1-8(2)19-13-12(7-16-19)11(5-9(3)17-13)14(20)18-10(4)6-15;;/h5,7-8,10H,6,15H2,1-4H3,(H,18,20);2*1H/t10-;;/m0../s1. The van der Waals surface area contributed by atoms with E-state index in [0.29, 0.717) is 12.1 Å². The Balaban J connectivity index is 0.00000220. The van der Waals surface area contributed by atoms with Gasteiger partial charge in [0, 0.05) is 24.3 Å². The van der Waals surface area contributed by atoms with E-state index >= 15 is 0 Å². The lowest BCUT2D eigenvalue weighted by molar-refractivity contribution is 0.0943. The summed E-state index contributed by atoms with van der Waals surface area (Å²) in [5.74, 6) is -0.137. The van der Waals surface area contributed by atoms with Crippen LogP contribution in [0.1, 0.15) is 42.9 Å². The van der Waals surface area contributed by atoms with Gasteiger partial charge in [-0.05, 0) is 33.8 Å². The van der Waals surface area contributed by atoms with Crippen LogP contribution in [-0.4, -0.2) is 33.3 Å². The molecule has 2 aromatic heterocycles. The molecular formula is C14H23Cl2N5O. The zero-order valence-electron chi connectivity index (χ0n) is 13.2. The highest BCUT2D eigenvalue weighted by Gasteiger charge is 2.17. The second-order valence-electron chi connectivity index (χ2n) is 5.34. The maximum atomic E-state index is 12.3. The minimum atomic E-state index is -0.137. The summed E-state index contributed by atoms with van der Waals surface area (Å²) in [5, 5.41) is 7.97. The van der Waals surface area contributed by atoms with E-state index in [4.69, 9.17) is 5.73 Å². The Hall–Kier alpha value is -1.37. The third-order valence-corrected chi connectivity index (χ3v) is 3.16. The maximum Gasteiger partial charge on any atom is 0.252 e. The van der Waals surface area contributed by atoms with E-state index in [2.05, 4.69) is 15.4 Å². The normalized spacial score (nSPS) is 11.7. The van der Waals surface area contributed by atoms with Gasteiger partial charge in [-0.3, -0.25) is 4.79 Å². The molecule has 0 fully saturated rings. The number of fused-ring (bicyclic) bond motifs is 1. The molecule has 2 aromatic rings. The van der Waals surface area contributed by atoms with Crippen LogP contribution < -0.4 is 11.1 Å². The molecule has 0 aliphatic heterocycles. The first-order chi connectivity index (χ1) is 9.43. The van der Waals surface area contributed by atoms with Crippen LogP contribution in [0.4, 0.5) is 0 Å². The third-order valence-electron chi connectivity index (χ3n) is 3.16. The average Bonchev–Trinajstić information content (AvgIpc) is 2.80. The van der Waals surface area contributed by atoms with E-state index < -0.39 is 0 Å². The molecule has 0 unspecified atom stereocenters. The van der Waals surface area contributed by atoms with Crippen molar-refractivity contribution in [3.8, 4) is 0 Å². The Morgan fingerprint density at radius 3 is 2.55 bits per heavy atom. The summed E-state index contributed by atoms with van der Waals surface area (Å²) >= 11 is 0. The van der Waals surface area contributed by atoms with Gasteiger partial charge in [0.1, 0.15) is 0 Å². The second kappa shape index (κ2) is 8.31. The summed E-state index contributed by atoms with van der Waals surface area (Å²) in [7, 11) is 0. The van der Waals surface area contributed by atoms with Crippen LogP contribution in [0.15, 0.2) is 12.3 Å². The van der Waals surface area contributed by atoms with Gasteiger partial charge in [0.25, 0.3) is 5.91 Å². The fourth-order valence-corrected chi connectivity index (χ4v) is 2.07. The van der Waals surface area contributed by atoms with Gasteiger partial charge in [-0.15, -0.1) is 24.8 Å². The van der Waals surface area contributed by atoms with E-state index in [-0.39, 0.29) is 42.8 Å². The predicted octanol–water partition coefficient (Wildman–Crippen LogP) is 2.24. The van der Waals surface area contributed by atoms with Crippen molar-refractivity contribution in [3.63, 3.8) is 0 Å². The number of amides is 1. The summed E-state index contributed by atoms with van der Waals surface area (Å²) in [6.45, 7) is 8.23. The van der Waals surface area contributed by atoms with Gasteiger partial charge < -0.3 is 11.1 Å². The van der Waals surface area contributed by atoms with Crippen molar-refractivity contribution in [2.75, 3.05) is 6.54 Å². The van der Waals surface area contributed by atoms with E-state index in [1.165, 1.54) is 0 Å². The molecule has 0 radical (unpaired) electrons. The minimum absolute atomic E-state index is 0. The Morgan fingerprint density at radius 2 is 2.00 bits per heavy atom. The summed E-state index contributed by atoms with van der Waals surface area (Å²) in [6.07, 6.45) is 1.70. The van der Waals surface area contributed by atoms with E-state index in [1.807, 2.05) is 32.4 Å². The number of nitrogens with one attached hydrogen (secondary N) is 1. The van der Waals surface area contributed by atoms with Crippen molar-refractivity contribution in [2.24, 2.45) is 5.73 Å². The molecular weight excluding hydrogens is 325 g/mol. The van der Waals surface area contributed by atoms with Gasteiger partial charge >= 0.3 is 0 Å². The molecule has 6 nitrogen and oxygen atoms in total. The average molecular weight is 348 g/mol. The number of nitrogens with two attached hydrogens (primary N) is 1. The lowest BCUT2D eigenvalue weighted by Crippen LogP contribution is -2.37. The second-order valence-corrected chi connectivity index (χ2v) is 5.34. The first-order valence-corrected chi connectivity index (χ1v) is 6.79. The lowest BCUT2D eigenvalue weighted by atomic mass is 10.1. The molecule has 124 valence electrons. The first kappa shape index (κ1) is 20.6. The zero-order chi connectivity index (χ0) is 14.9. The molecule has 0 saturated heterocycles. The number of hydrogen-bond donors (Lipinski definition) is 2. The SMILES string of the molecule is Cc1cc(C(=O)N[C@@H](C)CN)c2cnn(C(C)C)c2n1.Cl.Cl. The number of carbonyl (C=O) groups excluding carboxylic acids is 1. The summed E-state index contributed by atoms with van der Waals surface area (Å²) in [6, 6.07) is 1.92. The molecule has 1 atom stereocenters. The smallest absolute Gasteiger partial charge is 0.252 e. The molecule has 0 aliphatic rings. The molecule has 8 heteroatoms. The van der Waals surface area contributed by atoms with E-state index in [0.717, 1.165) is 16.7 Å². The summed E-state index contributed by atoms with van der Waals surface area (Å²) in [5.41, 5.74) is 7.68. The molecule has 0 spiro atoms. The van der Waals surface area contributed by atoms with Crippen molar-refractivity contribution >= 4 is 41.8 Å². The number of halogens is 2. The van der Waals surface area contributed by atoms with Crippen molar-refractivity contribution in [2.45, 2.75) is 39.8 Å². The zero-order valence-corrected chi connectivity index (χ0v) is 14.8. The number of nitrogens with zero attached hydrogens (tertiary/aromatic N) is 3. The largest absolute Gasteiger partial charge is 0.348 e. The number of pyridine rings is 1. The minimum Gasteiger partial charge on any atom is -0.348 e. The highest BCUT2D eigenvalue weighted by atomic mass is 35.5. The Kier molecular flexibility index (Phi) is 7.79. The van der Waals surface area contributed by atoms with Crippen molar-refractivity contribution in [1.82, 2.24) is 20.1 Å². The molecule has 2 rings (SSSR count). The van der Waals surface area contributed by atoms with Crippen LogP contribution in [0.2, 0.25) is 0 Å². The van der Waals surface area contributed by atoms with Crippen LogP contribution in [0.5, 0.6) is 0 Å². The highest BCUT2D eigenvalue weighted by molar-refractivity contribution is 6.05. The number of carbonyl (C=O) groups is 1. The number of aryl methyl sites for hydroxylation is 1. The summed E-state index contributed by atoms with van der Waals surface area (Å²) in [4.78, 5) is 16.8. The topological polar surface area (TPSA) is 85.8 Å². The highest BCUT2D eigenvalue weighted by Crippen LogP contribution is 2.20. The molecule has 1 amide bonds. The Labute approximate surface area is 142 Å². The predicted molar refractivity (Wildman–Crippen MR) is 93.1 cm³/mol. The maximum absolute atomic E-state index is 12.3. The van der Waals surface area contributed by atoms with Crippen molar-refractivity contribution < 1.29 is 4.79 Å². The third kappa shape index (κ3) is 4.09. The summed E-state index contributed by atoms with van der Waals surface area (Å²) < 4.78 is 1.82. The Morgan fingerprint density at radius 1 is 1.36 bits per heavy atom. The number of rotatable bonds is 4. The lowest BCUT2D eigenvalue weighted by Gasteiger charge is -2.12. The fraction of sp³-hybridized carbons (Fsp3) is 0.500. The fourth-order valence-electron chi connectivity index (χ4n) is 2.07. The Bertz CT molecular complexity index is 641. The van der Waals surface area contributed by atoms with E-state index in [1.54, 1.807) is 12.3 Å². The molecule has 3 N–H and O–H groups in total. The van der Waals surface area contributed by atoms with Crippen molar-refractivity contribution in [1.29, 1.82) is 0 Å². The van der Waals surface area contributed by atoms with Gasteiger partial charge in [-0.2, -0.15) is 5.10 Å². The van der Waals surface area contributed by atoms with Crippen LogP contribution in [0, 0.1) is 6.92 Å². The monoisotopic (exact) mass is 347 g/mol. The van der Waals surface area contributed by atoms with Gasteiger partial charge in [0.15, 0.2) is 5.65 Å². The van der Waals surface area contributed by atoms with Gasteiger partial charge in [0.2, 0.25) is 0 Å². The van der Waals surface area contributed by atoms with Crippen LogP contribution in [0.25, 0.3) is 11.0 Å². The quantitative estimate of drug-likeness (QED) is 0.887. The van der Waals surface area contributed by atoms with Crippen LogP contribution in [0.3, 0.4) is 0 Å². The van der Waals surface area contributed by atoms with Gasteiger partial charge in [0.05, 0.1) is 17.1 Å². The van der Waals surface area contributed by atoms with Crippen LogP contribution >= 0.6 is 24.8 Å². The number of hydrogen-bond acceptors (Lipinski definition) is 4. The molecule has 0 saturated carbocycles. The molecule has 2 heterocycles. The van der Waals surface area contributed by atoms with Gasteiger partial charge in [-0.1, -0.05) is 0 Å². The van der Waals surface area contributed by atoms with E-state index in [9.17, 15) is 4.79 Å². The molecule has 22 heavy (non-hydrogen) atoms.